The predicted octanol–water partition coefficient (Wildman–Crippen LogP) is 11.7. The molecule has 0 radical (unpaired) electrons. The zero-order valence-electron chi connectivity index (χ0n) is 47.5. The molecule has 4 N–H and O–H groups in total. The van der Waals surface area contributed by atoms with E-state index in [0.717, 1.165) is 51.4 Å². The lowest BCUT2D eigenvalue weighted by Gasteiger charge is -2.53. The first-order chi connectivity index (χ1) is 32.4. The van der Waals surface area contributed by atoms with Gasteiger partial charge in [-0.3, -0.25) is 0 Å². The third kappa shape index (κ3) is 11.4. The topological polar surface area (TPSA) is 153 Å². The Hall–Kier alpha value is -3.06. The van der Waals surface area contributed by atoms with Crippen LogP contribution in [-0.2, 0) is 18.9 Å². The van der Waals surface area contributed by atoms with Crippen molar-refractivity contribution in [2.75, 3.05) is 0 Å². The number of carbonyl (C=O) groups excluding carboxylic acids is 4. The number of esters is 4. The number of nitrogens with one attached hydrogen (secondary N) is 4. The number of piperidine rings is 4. The van der Waals surface area contributed by atoms with Crippen molar-refractivity contribution >= 4 is 23.9 Å². The van der Waals surface area contributed by atoms with Gasteiger partial charge in [-0.2, -0.15) is 0 Å². The molecule has 1 aromatic carbocycles. The van der Waals surface area contributed by atoms with Crippen LogP contribution in [0, 0.1) is 23.7 Å². The lowest BCUT2D eigenvalue weighted by Crippen LogP contribution is -2.66. The molecule has 4 aliphatic rings. The van der Waals surface area contributed by atoms with Crippen LogP contribution < -0.4 is 21.3 Å². The molecule has 12 nitrogen and oxygen atoms in total. The van der Waals surface area contributed by atoms with E-state index in [1.54, 1.807) is 0 Å². The molecule has 0 spiro atoms. The zero-order chi connectivity index (χ0) is 52.8. The Bertz CT molecular complexity index is 1800. The fraction of sp³-hybridized carbons (Fsp3) is 0.828. The van der Waals surface area contributed by atoms with E-state index in [1.165, 1.54) is 12.1 Å². The quantitative estimate of drug-likeness (QED) is 0.0921. The normalized spacial score (nSPS) is 42.1. The Balaban J connectivity index is 1.72. The van der Waals surface area contributed by atoms with Crippen LogP contribution in [0.15, 0.2) is 12.1 Å². The minimum atomic E-state index is -0.761. The van der Waals surface area contributed by atoms with Crippen LogP contribution in [0.5, 0.6) is 0 Å². The number of hydrogen-bond donors (Lipinski definition) is 4. The average molecular weight is 979 g/mol. The fourth-order valence-electron chi connectivity index (χ4n) is 12.8. The van der Waals surface area contributed by atoms with Crippen LogP contribution in [-0.4, -0.2) is 92.6 Å². The number of hydrogen-bond acceptors (Lipinski definition) is 12. The molecule has 4 fully saturated rings. The molecule has 0 bridgehead atoms. The molecule has 0 aromatic heterocycles. The lowest BCUT2D eigenvalue weighted by molar-refractivity contribution is -0.0521. The summed E-state index contributed by atoms with van der Waals surface area (Å²) < 4.78 is 26.4. The molecule has 398 valence electrons. The highest BCUT2D eigenvalue weighted by atomic mass is 16.6. The number of carbonyl (C=O) groups is 4. The van der Waals surface area contributed by atoms with Crippen molar-refractivity contribution in [3.8, 4) is 0 Å². The Morgan fingerprint density at radius 2 is 0.543 bits per heavy atom. The van der Waals surface area contributed by atoms with E-state index in [9.17, 15) is 0 Å². The van der Waals surface area contributed by atoms with E-state index < -0.39 is 48.3 Å². The molecule has 12 heteroatoms. The van der Waals surface area contributed by atoms with Gasteiger partial charge in [-0.05, 0) is 119 Å². The van der Waals surface area contributed by atoms with Crippen LogP contribution in [0.1, 0.15) is 257 Å². The summed E-state index contributed by atoms with van der Waals surface area (Å²) in [5, 5.41) is 15.5. The molecule has 0 aliphatic carbocycles. The van der Waals surface area contributed by atoms with Gasteiger partial charge in [0.2, 0.25) is 0 Å². The van der Waals surface area contributed by atoms with Gasteiger partial charge >= 0.3 is 23.9 Å². The summed E-state index contributed by atoms with van der Waals surface area (Å²) in [5.74, 6) is -3.43. The van der Waals surface area contributed by atoms with Crippen molar-refractivity contribution in [3.05, 3.63) is 34.4 Å². The first-order valence-corrected chi connectivity index (χ1v) is 27.6. The second-order valence-corrected chi connectivity index (χ2v) is 24.9. The highest BCUT2D eigenvalue weighted by Crippen LogP contribution is 2.44. The molecular weight excluding hydrogens is 881 g/mol. The van der Waals surface area contributed by atoms with Gasteiger partial charge < -0.3 is 40.2 Å². The molecule has 70 heavy (non-hydrogen) atoms. The molecule has 0 saturated carbocycles. The minimum absolute atomic E-state index is 0.0964. The van der Waals surface area contributed by atoms with Gasteiger partial charge in [0.05, 0.1) is 22.3 Å². The van der Waals surface area contributed by atoms with E-state index in [-0.39, 0.29) is 90.2 Å². The average Bonchev–Trinajstić information content (AvgIpc) is 3.32. The third-order valence-corrected chi connectivity index (χ3v) is 20.3. The van der Waals surface area contributed by atoms with Gasteiger partial charge in [0.15, 0.2) is 0 Å². The van der Waals surface area contributed by atoms with E-state index in [1.807, 2.05) is 0 Å². The number of benzene rings is 1. The van der Waals surface area contributed by atoms with Crippen LogP contribution >= 0.6 is 0 Å². The molecule has 4 aliphatic heterocycles. The first-order valence-electron chi connectivity index (χ1n) is 27.6. The smallest absolute Gasteiger partial charge is 0.339 e. The molecule has 5 rings (SSSR count). The Morgan fingerprint density at radius 1 is 0.371 bits per heavy atom. The van der Waals surface area contributed by atoms with Crippen LogP contribution in [0.25, 0.3) is 0 Å². The SMILES string of the molecule is CCC1(C)CC(OC(=O)c2cc(C(=O)OC3CC(C)(CC)NC(C)(CC)C3C)c(C(=O)OC3CC(C)(CC)NC(C)(CC)C3C)cc2C(=O)OC2CC(C)(CC)NC(C)(CC)C2C)C(C)C(C)(CC)N1. The highest BCUT2D eigenvalue weighted by molar-refractivity contribution is 6.10. The van der Waals surface area contributed by atoms with Gasteiger partial charge in [-0.15, -0.1) is 0 Å². The summed E-state index contributed by atoms with van der Waals surface area (Å²) in [6.07, 6.45) is 6.54. The second-order valence-electron chi connectivity index (χ2n) is 24.9. The summed E-state index contributed by atoms with van der Waals surface area (Å²) in [6.45, 7) is 42.7. The highest BCUT2D eigenvalue weighted by Gasteiger charge is 2.53. The van der Waals surface area contributed by atoms with Crippen molar-refractivity contribution in [2.24, 2.45) is 23.7 Å². The molecule has 16 unspecified atom stereocenters. The Morgan fingerprint density at radius 3 is 0.686 bits per heavy atom. The van der Waals surface area contributed by atoms with Crippen LogP contribution in [0.4, 0.5) is 0 Å². The Kier molecular flexibility index (Phi) is 17.4. The number of rotatable bonds is 16. The predicted molar refractivity (Wildman–Crippen MR) is 280 cm³/mol. The van der Waals surface area contributed by atoms with E-state index >= 15 is 19.2 Å². The minimum Gasteiger partial charge on any atom is -0.458 e. The van der Waals surface area contributed by atoms with Crippen molar-refractivity contribution < 1.29 is 38.1 Å². The van der Waals surface area contributed by atoms with Gasteiger partial charge in [0, 0.05) is 93.7 Å². The third-order valence-electron chi connectivity index (χ3n) is 20.3. The van der Waals surface area contributed by atoms with Crippen LogP contribution in [0.3, 0.4) is 0 Å². The zero-order valence-corrected chi connectivity index (χ0v) is 47.5. The standard InChI is InChI=1S/C58H98N4O8/c1-21-51(13)31-43(35(9)55(17,25-5)59-51)67-47(63)39-29-41(49(65)69-45-33-53(15,23-3)61-57(19,27-7)37(45)11)42(50(66)70-46-34-54(16,24-4)62-58(20,28-8)38(46)12)30-40(39)48(64)68-44-32-52(14,22-2)60-56(18,26-6)36(44)10/h29-30,35-38,43-46,59-62H,21-28,31-34H2,1-20H3. The second kappa shape index (κ2) is 21.0. The van der Waals surface area contributed by atoms with Crippen molar-refractivity contribution in [2.45, 2.75) is 284 Å². The maximum atomic E-state index is 15.2. The first kappa shape index (κ1) is 57.8. The largest absolute Gasteiger partial charge is 0.458 e. The summed E-state index contributed by atoms with van der Waals surface area (Å²) in [4.78, 5) is 60.8. The molecule has 16 atom stereocenters. The van der Waals surface area contributed by atoms with Gasteiger partial charge in [-0.25, -0.2) is 19.2 Å². The van der Waals surface area contributed by atoms with E-state index in [2.05, 4.69) is 160 Å². The molecule has 1 aromatic rings. The molecule has 0 amide bonds. The van der Waals surface area contributed by atoms with E-state index in [4.69, 9.17) is 18.9 Å². The van der Waals surface area contributed by atoms with E-state index in [0.29, 0.717) is 25.7 Å². The van der Waals surface area contributed by atoms with Crippen molar-refractivity contribution in [1.29, 1.82) is 0 Å². The maximum absolute atomic E-state index is 15.2. The Labute approximate surface area is 424 Å². The molecule has 4 heterocycles. The lowest BCUT2D eigenvalue weighted by atomic mass is 9.70. The maximum Gasteiger partial charge on any atom is 0.339 e. The summed E-state index contributed by atoms with van der Waals surface area (Å²) in [5.41, 5.74) is -3.26. The van der Waals surface area contributed by atoms with Crippen molar-refractivity contribution in [1.82, 2.24) is 21.3 Å². The summed E-state index contributed by atoms with van der Waals surface area (Å²) in [6, 6.07) is 2.73. The summed E-state index contributed by atoms with van der Waals surface area (Å²) >= 11 is 0. The van der Waals surface area contributed by atoms with Gasteiger partial charge in [-0.1, -0.05) is 83.1 Å². The molecule has 4 saturated heterocycles. The summed E-state index contributed by atoms with van der Waals surface area (Å²) in [7, 11) is 0. The monoisotopic (exact) mass is 979 g/mol. The van der Waals surface area contributed by atoms with Crippen LogP contribution in [0.2, 0.25) is 0 Å². The van der Waals surface area contributed by atoms with Gasteiger partial charge in [0.25, 0.3) is 0 Å². The van der Waals surface area contributed by atoms with Crippen molar-refractivity contribution in [3.63, 3.8) is 0 Å². The molecular formula is C58H98N4O8. The fourth-order valence-corrected chi connectivity index (χ4v) is 12.8. The number of ether oxygens (including phenoxy) is 4. The van der Waals surface area contributed by atoms with Gasteiger partial charge in [0.1, 0.15) is 24.4 Å².